The number of hydrogen-bond acceptors (Lipinski definition) is 8. The van der Waals surface area contributed by atoms with E-state index in [1.165, 1.54) is 12.0 Å². The number of carbonyl (C=O) groups is 3. The van der Waals surface area contributed by atoms with Gasteiger partial charge in [0.05, 0.1) is 13.7 Å². The fraction of sp³-hybridized carbons (Fsp3) is 0.400. The van der Waals surface area contributed by atoms with Crippen molar-refractivity contribution in [3.8, 4) is 5.75 Å². The number of carbonyl (C=O) groups excluding carboxylic acids is 3. The Labute approximate surface area is 243 Å². The number of amidine groups is 1. The largest absolute Gasteiger partial charge is 0.497 e. The van der Waals surface area contributed by atoms with Gasteiger partial charge in [0.1, 0.15) is 17.1 Å². The van der Waals surface area contributed by atoms with Crippen molar-refractivity contribution < 1.29 is 28.7 Å². The molecule has 0 bridgehead atoms. The number of urea groups is 1. The Balaban J connectivity index is 1.45. The second-order valence-corrected chi connectivity index (χ2v) is 10.4. The first kappa shape index (κ1) is 28.9. The second kappa shape index (κ2) is 11.7. The lowest BCUT2D eigenvalue weighted by Crippen LogP contribution is -2.52. The number of ether oxygens (including phenoxy) is 1. The topological polar surface area (TPSA) is 140 Å². The minimum atomic E-state index is -1.63. The van der Waals surface area contributed by atoms with Crippen LogP contribution in [0.1, 0.15) is 48.0 Å². The molecule has 1 atom stereocenters. The molecule has 5 rings (SSSR count). The molecule has 0 spiro atoms. The fourth-order valence-corrected chi connectivity index (χ4v) is 5.65. The molecule has 3 heterocycles. The summed E-state index contributed by atoms with van der Waals surface area (Å²) in [6, 6.07) is 11.6. The number of likely N-dealkylation sites (N-methyl/N-ethyl adjacent to an activating group) is 2. The molecule has 3 N–H and O–H groups in total. The molecule has 12 nitrogen and oxygen atoms in total. The van der Waals surface area contributed by atoms with Gasteiger partial charge in [0.25, 0.3) is 11.8 Å². The van der Waals surface area contributed by atoms with Gasteiger partial charge in [-0.15, -0.1) is 0 Å². The van der Waals surface area contributed by atoms with Gasteiger partial charge < -0.3 is 34.4 Å². The van der Waals surface area contributed by atoms with Gasteiger partial charge in [-0.1, -0.05) is 25.1 Å². The maximum absolute atomic E-state index is 13.3. The Morgan fingerprint density at radius 2 is 1.86 bits per heavy atom. The molecular weight excluding hydrogens is 540 g/mol. The van der Waals surface area contributed by atoms with Crippen LogP contribution in [0.3, 0.4) is 0 Å². The smallest absolute Gasteiger partial charge is 0.322 e. The molecule has 0 saturated carbocycles. The number of rotatable bonds is 11. The maximum atomic E-state index is 13.3. The number of furan rings is 1. The third-order valence-corrected chi connectivity index (χ3v) is 8.12. The molecule has 1 fully saturated rings. The summed E-state index contributed by atoms with van der Waals surface area (Å²) in [6.07, 6.45) is 0. The zero-order valence-electron chi connectivity index (χ0n) is 24.3. The summed E-state index contributed by atoms with van der Waals surface area (Å²) < 4.78 is 11.4. The Hall–Kier alpha value is -4.58. The molecule has 0 aliphatic carbocycles. The number of nitrogens with zero attached hydrogens (tertiary/aromatic N) is 4. The highest BCUT2D eigenvalue weighted by molar-refractivity contribution is 6.08. The summed E-state index contributed by atoms with van der Waals surface area (Å²) in [4.78, 5) is 44.8. The third kappa shape index (κ3) is 5.13. The van der Waals surface area contributed by atoms with Crippen LogP contribution in [0.15, 0.2) is 52.0 Å². The number of hydrogen-bond donors (Lipinski definition) is 3. The molecule has 1 aromatic heterocycles. The van der Waals surface area contributed by atoms with Crippen molar-refractivity contribution in [1.29, 1.82) is 0 Å². The number of amides is 4. The molecule has 0 radical (unpaired) electrons. The molecule has 42 heavy (non-hydrogen) atoms. The monoisotopic (exact) mass is 576 g/mol. The first-order chi connectivity index (χ1) is 20.3. The molecule has 4 amide bonds. The van der Waals surface area contributed by atoms with Crippen LogP contribution in [0, 0.1) is 0 Å². The van der Waals surface area contributed by atoms with Gasteiger partial charge in [0, 0.05) is 42.7 Å². The van der Waals surface area contributed by atoms with Crippen LogP contribution in [0.2, 0.25) is 0 Å². The Kier molecular flexibility index (Phi) is 8.08. The number of benzene rings is 2. The second-order valence-electron chi connectivity index (χ2n) is 10.4. The average molecular weight is 577 g/mol. The van der Waals surface area contributed by atoms with Gasteiger partial charge in [-0.3, -0.25) is 14.9 Å². The van der Waals surface area contributed by atoms with E-state index in [1.54, 1.807) is 30.3 Å². The number of imide groups is 1. The summed E-state index contributed by atoms with van der Waals surface area (Å²) in [5.41, 5.74) is 0.802. The van der Waals surface area contributed by atoms with E-state index < -0.39 is 17.5 Å². The van der Waals surface area contributed by atoms with Crippen molar-refractivity contribution in [2.24, 2.45) is 5.16 Å². The quantitative estimate of drug-likeness (QED) is 0.104. The van der Waals surface area contributed by atoms with Gasteiger partial charge in [-0.25, -0.2) is 4.79 Å². The number of methoxy groups -OCH3 is 1. The molecule has 3 aromatic rings. The maximum Gasteiger partial charge on any atom is 0.322 e. The van der Waals surface area contributed by atoms with Gasteiger partial charge in [-0.05, 0) is 62.0 Å². The normalized spacial score (nSPS) is 18.5. The van der Waals surface area contributed by atoms with Crippen LogP contribution in [0.25, 0.3) is 11.0 Å². The molecule has 222 valence electrons. The van der Waals surface area contributed by atoms with Crippen molar-refractivity contribution in [3.05, 3.63) is 64.9 Å². The summed E-state index contributed by atoms with van der Waals surface area (Å²) >= 11 is 0. The van der Waals surface area contributed by atoms with Gasteiger partial charge in [0.2, 0.25) is 0 Å². The van der Waals surface area contributed by atoms with Gasteiger partial charge in [0.15, 0.2) is 11.4 Å². The molecule has 0 unspecified atom stereocenters. The van der Waals surface area contributed by atoms with Gasteiger partial charge >= 0.3 is 6.03 Å². The van der Waals surface area contributed by atoms with E-state index in [1.807, 2.05) is 24.0 Å². The predicted octanol–water partition coefficient (Wildman–Crippen LogP) is 2.93. The molecule has 2 aromatic carbocycles. The van der Waals surface area contributed by atoms with E-state index in [9.17, 15) is 19.6 Å². The Bertz CT molecular complexity index is 1550. The number of nitrogens with one attached hydrogen (secondary N) is 2. The molecule has 12 heteroatoms. The lowest BCUT2D eigenvalue weighted by atomic mass is 9.95. The zero-order chi connectivity index (χ0) is 30.0. The highest BCUT2D eigenvalue weighted by atomic mass is 16.5. The highest BCUT2D eigenvalue weighted by Crippen LogP contribution is 2.35. The Morgan fingerprint density at radius 1 is 1.07 bits per heavy atom. The van der Waals surface area contributed by atoms with Crippen LogP contribution >= 0.6 is 0 Å². The third-order valence-electron chi connectivity index (χ3n) is 8.12. The van der Waals surface area contributed by atoms with Crippen molar-refractivity contribution in [2.75, 3.05) is 46.4 Å². The molecule has 2 aliphatic rings. The first-order valence-electron chi connectivity index (χ1n) is 14.1. The van der Waals surface area contributed by atoms with E-state index in [2.05, 4.69) is 34.5 Å². The fourth-order valence-electron chi connectivity index (χ4n) is 5.65. The van der Waals surface area contributed by atoms with E-state index in [-0.39, 0.29) is 24.8 Å². The number of fused-ring (bicyclic) bond motifs is 2. The van der Waals surface area contributed by atoms with Crippen LogP contribution in [-0.2, 0) is 16.9 Å². The first-order valence-corrected chi connectivity index (χ1v) is 14.1. The molecular formula is C30H36N6O6. The van der Waals surface area contributed by atoms with E-state index >= 15 is 0 Å². The summed E-state index contributed by atoms with van der Waals surface area (Å²) in [5, 5.41) is 19.3. The average Bonchev–Trinajstić information content (AvgIpc) is 3.65. The summed E-state index contributed by atoms with van der Waals surface area (Å²) in [6.45, 7) is 10.4. The minimum absolute atomic E-state index is 0.134. The SMILES string of the molecule is CCN(CC)CCN(CC)/C(=N/O)c1ccc2oc([C@]3(CN4Cc5ccc(OC)cc5C4=O)NC(=O)NC3=O)cc2c1. The molecule has 2 aliphatic heterocycles. The van der Waals surface area contributed by atoms with Crippen molar-refractivity contribution >= 4 is 34.7 Å². The lowest BCUT2D eigenvalue weighted by Gasteiger charge is -2.29. The standard InChI is InChI=1S/C30H36N6O6/c1-5-34(6-2)12-13-35(7-3)26(33-40)19-9-11-24-21(14-19)15-25(42-24)30(28(38)31-29(39)32-30)18-36-17-20-8-10-22(41-4)16-23(20)27(36)37/h8-11,14-16,40H,5-7,12-13,17-18H2,1-4H3,(H2,31,32,38,39)/b33-26+/t30-/m0/s1. The predicted molar refractivity (Wildman–Crippen MR) is 156 cm³/mol. The van der Waals surface area contributed by atoms with Crippen molar-refractivity contribution in [3.63, 3.8) is 0 Å². The lowest BCUT2D eigenvalue weighted by molar-refractivity contribution is -0.125. The van der Waals surface area contributed by atoms with Crippen LogP contribution in [0.5, 0.6) is 5.75 Å². The Morgan fingerprint density at radius 3 is 2.50 bits per heavy atom. The van der Waals surface area contributed by atoms with Gasteiger partial charge in [-0.2, -0.15) is 0 Å². The van der Waals surface area contributed by atoms with Crippen molar-refractivity contribution in [1.82, 2.24) is 25.3 Å². The van der Waals surface area contributed by atoms with Crippen LogP contribution < -0.4 is 15.4 Å². The van der Waals surface area contributed by atoms with Crippen LogP contribution in [0.4, 0.5) is 4.79 Å². The highest BCUT2D eigenvalue weighted by Gasteiger charge is 2.53. The van der Waals surface area contributed by atoms with E-state index in [0.29, 0.717) is 46.8 Å². The number of oxime groups is 1. The summed E-state index contributed by atoms with van der Waals surface area (Å²) in [7, 11) is 1.53. The van der Waals surface area contributed by atoms with E-state index in [0.717, 1.165) is 25.2 Å². The van der Waals surface area contributed by atoms with Crippen LogP contribution in [-0.4, -0.2) is 90.0 Å². The molecule has 1 saturated heterocycles. The van der Waals surface area contributed by atoms with E-state index in [4.69, 9.17) is 9.15 Å². The van der Waals surface area contributed by atoms with Crippen molar-refractivity contribution in [2.45, 2.75) is 32.9 Å². The zero-order valence-corrected chi connectivity index (χ0v) is 24.3. The minimum Gasteiger partial charge on any atom is -0.497 e. The summed E-state index contributed by atoms with van der Waals surface area (Å²) in [5.74, 6) is 0.282.